The molecule has 0 saturated carbocycles. The molecule has 1 aliphatic heterocycles. The summed E-state index contributed by atoms with van der Waals surface area (Å²) < 4.78 is 11.1. The summed E-state index contributed by atoms with van der Waals surface area (Å²) in [4.78, 5) is 16.5. The van der Waals surface area contributed by atoms with E-state index in [1.54, 1.807) is 19.1 Å². The van der Waals surface area contributed by atoms with Crippen molar-refractivity contribution in [2.45, 2.75) is 64.4 Å². The molecule has 1 heterocycles. The Morgan fingerprint density at radius 3 is 2.52 bits per heavy atom. The molecule has 0 bridgehead atoms. The van der Waals surface area contributed by atoms with Crippen molar-refractivity contribution in [3.63, 3.8) is 0 Å². The Morgan fingerprint density at radius 1 is 1.21 bits per heavy atom. The molecule has 1 aromatic carbocycles. The number of nitrogens with zero attached hydrogens (tertiary/aromatic N) is 2. The average molecular weight is 425 g/mol. The van der Waals surface area contributed by atoms with Crippen LogP contribution in [0.1, 0.15) is 64.4 Å². The average Bonchev–Trinajstić information content (AvgIpc) is 2.67. The topological polar surface area (TPSA) is 42.0 Å². The Labute approximate surface area is 181 Å². The molecule has 5 nitrogen and oxygen atoms in total. The van der Waals surface area contributed by atoms with Crippen LogP contribution in [0.5, 0.6) is 5.75 Å². The second-order valence-corrected chi connectivity index (χ2v) is 9.40. The first-order valence-corrected chi connectivity index (χ1v) is 11.1. The van der Waals surface area contributed by atoms with E-state index in [9.17, 15) is 4.79 Å². The molecule has 0 unspecified atom stereocenters. The first-order chi connectivity index (χ1) is 13.7. The van der Waals surface area contributed by atoms with Crippen LogP contribution >= 0.6 is 11.6 Å². The zero-order valence-corrected chi connectivity index (χ0v) is 19.4. The van der Waals surface area contributed by atoms with Gasteiger partial charge in [0.2, 0.25) is 0 Å². The summed E-state index contributed by atoms with van der Waals surface area (Å²) in [6.45, 7) is 9.69. The number of hydrogen-bond donors (Lipinski definition) is 0. The summed E-state index contributed by atoms with van der Waals surface area (Å²) in [7, 11) is 3.49. The van der Waals surface area contributed by atoms with Crippen LogP contribution < -0.4 is 4.74 Å². The number of benzene rings is 1. The Balaban J connectivity index is 2.07. The van der Waals surface area contributed by atoms with Crippen molar-refractivity contribution >= 4 is 17.7 Å². The molecule has 1 fully saturated rings. The third-order valence-corrected chi connectivity index (χ3v) is 5.63. The first kappa shape index (κ1) is 23.8. The molecule has 0 spiro atoms. The minimum absolute atomic E-state index is 0.260. The molecule has 1 amide bonds. The van der Waals surface area contributed by atoms with Gasteiger partial charge in [0.1, 0.15) is 11.4 Å². The van der Waals surface area contributed by atoms with Gasteiger partial charge in [0, 0.05) is 18.6 Å². The lowest BCUT2D eigenvalue weighted by atomic mass is 9.91. The highest BCUT2D eigenvalue weighted by Crippen LogP contribution is 2.34. The largest absolute Gasteiger partial charge is 0.496 e. The van der Waals surface area contributed by atoms with E-state index in [1.807, 2.05) is 39.0 Å². The Kier molecular flexibility index (Phi) is 9.09. The van der Waals surface area contributed by atoms with Gasteiger partial charge in [0.15, 0.2) is 0 Å². The smallest absolute Gasteiger partial charge is 0.410 e. The van der Waals surface area contributed by atoms with Crippen LogP contribution in [0.2, 0.25) is 5.02 Å². The summed E-state index contributed by atoms with van der Waals surface area (Å²) in [5.74, 6) is 1.12. The third kappa shape index (κ3) is 8.06. The van der Waals surface area contributed by atoms with Gasteiger partial charge < -0.3 is 19.3 Å². The first-order valence-electron chi connectivity index (χ1n) is 10.7. The van der Waals surface area contributed by atoms with Crippen LogP contribution in [0.4, 0.5) is 4.79 Å². The molecule has 2 rings (SSSR count). The van der Waals surface area contributed by atoms with Gasteiger partial charge in [-0.15, -0.1) is 0 Å². The van der Waals surface area contributed by atoms with E-state index in [-0.39, 0.29) is 12.0 Å². The van der Waals surface area contributed by atoms with E-state index < -0.39 is 5.60 Å². The highest BCUT2D eigenvalue weighted by Gasteiger charge is 2.23. The maximum Gasteiger partial charge on any atom is 0.410 e. The highest BCUT2D eigenvalue weighted by atomic mass is 35.5. The van der Waals surface area contributed by atoms with Crippen LogP contribution in [-0.4, -0.2) is 61.8 Å². The summed E-state index contributed by atoms with van der Waals surface area (Å²) in [5.41, 5.74) is 0.629. The Morgan fingerprint density at radius 2 is 1.90 bits per heavy atom. The minimum Gasteiger partial charge on any atom is -0.496 e. The van der Waals surface area contributed by atoms with Crippen molar-refractivity contribution in [2.75, 3.05) is 40.3 Å². The summed E-state index contributed by atoms with van der Waals surface area (Å²) in [6, 6.07) is 5.80. The molecule has 1 atom stereocenters. The zero-order chi connectivity index (χ0) is 21.4. The van der Waals surface area contributed by atoms with Gasteiger partial charge in [0.05, 0.1) is 7.11 Å². The Bertz CT molecular complexity index is 654. The van der Waals surface area contributed by atoms with E-state index in [0.717, 1.165) is 30.7 Å². The number of ether oxygens (including phenoxy) is 2. The number of piperidine rings is 1. The molecule has 164 valence electrons. The number of halogens is 1. The van der Waals surface area contributed by atoms with Gasteiger partial charge in [-0.05, 0) is 95.8 Å². The highest BCUT2D eigenvalue weighted by molar-refractivity contribution is 6.30. The van der Waals surface area contributed by atoms with E-state index in [0.29, 0.717) is 11.6 Å². The molecule has 29 heavy (non-hydrogen) atoms. The van der Waals surface area contributed by atoms with Gasteiger partial charge in [-0.1, -0.05) is 18.0 Å². The lowest BCUT2D eigenvalue weighted by Crippen LogP contribution is -2.35. The predicted molar refractivity (Wildman–Crippen MR) is 119 cm³/mol. The molecule has 1 saturated heterocycles. The lowest BCUT2D eigenvalue weighted by Gasteiger charge is -2.30. The fourth-order valence-electron chi connectivity index (χ4n) is 3.78. The van der Waals surface area contributed by atoms with Crippen molar-refractivity contribution < 1.29 is 14.3 Å². The predicted octanol–water partition coefficient (Wildman–Crippen LogP) is 5.57. The second-order valence-electron chi connectivity index (χ2n) is 8.96. The number of rotatable bonds is 8. The van der Waals surface area contributed by atoms with Crippen LogP contribution in [-0.2, 0) is 4.74 Å². The summed E-state index contributed by atoms with van der Waals surface area (Å²) in [5, 5.41) is 0.712. The molecule has 0 N–H and O–H groups in total. The van der Waals surface area contributed by atoms with Gasteiger partial charge in [-0.3, -0.25) is 0 Å². The quantitative estimate of drug-likeness (QED) is 0.547. The molecular weight excluding hydrogens is 388 g/mol. The van der Waals surface area contributed by atoms with Crippen molar-refractivity contribution in [3.8, 4) is 5.75 Å². The number of methoxy groups -OCH3 is 1. The van der Waals surface area contributed by atoms with Gasteiger partial charge in [-0.25, -0.2) is 4.79 Å². The summed E-state index contributed by atoms with van der Waals surface area (Å²) >= 11 is 6.30. The van der Waals surface area contributed by atoms with Gasteiger partial charge in [0.25, 0.3) is 0 Å². The number of carbonyl (C=O) groups excluding carboxylic acids is 1. The Hall–Kier alpha value is -1.46. The van der Waals surface area contributed by atoms with Crippen LogP contribution in [0, 0.1) is 0 Å². The van der Waals surface area contributed by atoms with E-state index in [1.165, 1.54) is 32.4 Å². The SMILES string of the molecule is COc1ccc(Cl)cc1[C@@H](CCN1CCCCC1)CCN(C)C(=O)OC(C)(C)C. The molecule has 1 aromatic rings. The normalized spacial score (nSPS) is 16.3. The molecule has 0 aliphatic carbocycles. The lowest BCUT2D eigenvalue weighted by molar-refractivity contribution is 0.0293. The number of carbonyl (C=O) groups is 1. The third-order valence-electron chi connectivity index (χ3n) is 5.39. The molecular formula is C23H37ClN2O3. The van der Waals surface area contributed by atoms with E-state index >= 15 is 0 Å². The van der Waals surface area contributed by atoms with Crippen molar-refractivity contribution in [1.29, 1.82) is 0 Å². The standard InChI is InChI=1S/C23H37ClN2O3/c1-23(2,3)29-22(27)25(4)15-11-18(12-16-26-13-7-6-8-14-26)20-17-19(24)9-10-21(20)28-5/h9-10,17-18H,6-8,11-16H2,1-5H3/t18-/m1/s1. The minimum atomic E-state index is -0.491. The number of hydrogen-bond acceptors (Lipinski definition) is 4. The fourth-order valence-corrected chi connectivity index (χ4v) is 3.96. The molecule has 0 radical (unpaired) electrons. The maximum atomic E-state index is 12.3. The fraction of sp³-hybridized carbons (Fsp3) is 0.696. The molecule has 6 heteroatoms. The summed E-state index contributed by atoms with van der Waals surface area (Å²) in [6.07, 6.45) is 5.46. The number of likely N-dealkylation sites (tertiary alicyclic amines) is 1. The van der Waals surface area contributed by atoms with Crippen LogP contribution in [0.3, 0.4) is 0 Å². The monoisotopic (exact) mass is 424 g/mol. The van der Waals surface area contributed by atoms with E-state index in [4.69, 9.17) is 21.1 Å². The second kappa shape index (κ2) is 11.1. The van der Waals surface area contributed by atoms with E-state index in [2.05, 4.69) is 4.90 Å². The van der Waals surface area contributed by atoms with Crippen molar-refractivity contribution in [3.05, 3.63) is 28.8 Å². The molecule has 1 aliphatic rings. The number of amides is 1. The van der Waals surface area contributed by atoms with Gasteiger partial charge >= 0.3 is 6.09 Å². The van der Waals surface area contributed by atoms with Crippen LogP contribution in [0.25, 0.3) is 0 Å². The van der Waals surface area contributed by atoms with Gasteiger partial charge in [-0.2, -0.15) is 0 Å². The van der Waals surface area contributed by atoms with Crippen molar-refractivity contribution in [1.82, 2.24) is 9.80 Å². The molecule has 0 aromatic heterocycles. The van der Waals surface area contributed by atoms with Crippen LogP contribution in [0.15, 0.2) is 18.2 Å². The van der Waals surface area contributed by atoms with Crippen molar-refractivity contribution in [2.24, 2.45) is 0 Å². The zero-order valence-electron chi connectivity index (χ0n) is 18.7. The maximum absolute atomic E-state index is 12.3.